The predicted molar refractivity (Wildman–Crippen MR) is 55.9 cm³/mol. The molecule has 0 bridgehead atoms. The lowest BCUT2D eigenvalue weighted by molar-refractivity contribution is -0.134. The average molecular weight is 196 g/mol. The van der Waals surface area contributed by atoms with Crippen LogP contribution in [-0.4, -0.2) is 37.0 Å². The zero-order valence-corrected chi connectivity index (χ0v) is 9.12. The summed E-state index contributed by atoms with van der Waals surface area (Å²) >= 11 is 0. The van der Waals surface area contributed by atoms with Crippen LogP contribution < -0.4 is 5.32 Å². The van der Waals surface area contributed by atoms with Gasteiger partial charge in [-0.3, -0.25) is 4.79 Å². The molecule has 2 unspecified atom stereocenters. The van der Waals surface area contributed by atoms with Crippen LogP contribution >= 0.6 is 0 Å². The first-order chi connectivity index (χ1) is 6.68. The van der Waals surface area contributed by atoms with Crippen molar-refractivity contribution in [3.8, 4) is 0 Å². The van der Waals surface area contributed by atoms with Crippen molar-refractivity contribution in [3.63, 3.8) is 0 Å². The fourth-order valence-electron chi connectivity index (χ4n) is 2.26. The van der Waals surface area contributed by atoms with E-state index in [9.17, 15) is 4.79 Å². The Hall–Kier alpha value is -0.570. The number of hydrogen-bond donors (Lipinski definition) is 1. The van der Waals surface area contributed by atoms with Crippen molar-refractivity contribution in [2.75, 3.05) is 20.1 Å². The Morgan fingerprint density at radius 2 is 2.14 bits per heavy atom. The van der Waals surface area contributed by atoms with Gasteiger partial charge in [0.25, 0.3) is 0 Å². The van der Waals surface area contributed by atoms with E-state index in [0.29, 0.717) is 11.9 Å². The molecule has 0 aromatic carbocycles. The van der Waals surface area contributed by atoms with Crippen molar-refractivity contribution in [1.29, 1.82) is 0 Å². The van der Waals surface area contributed by atoms with Crippen LogP contribution in [0.25, 0.3) is 0 Å². The van der Waals surface area contributed by atoms with Gasteiger partial charge in [0.2, 0.25) is 5.91 Å². The van der Waals surface area contributed by atoms with E-state index in [1.54, 1.807) is 0 Å². The van der Waals surface area contributed by atoms with Crippen LogP contribution in [-0.2, 0) is 4.79 Å². The van der Waals surface area contributed by atoms with Gasteiger partial charge in [-0.1, -0.05) is 0 Å². The number of nitrogens with one attached hydrogen (secondary N) is 1. The molecule has 1 heterocycles. The monoisotopic (exact) mass is 196 g/mol. The summed E-state index contributed by atoms with van der Waals surface area (Å²) in [5, 5.41) is 3.33. The fraction of sp³-hybridized carbons (Fsp3) is 0.909. The maximum atomic E-state index is 12.0. The third kappa shape index (κ3) is 2.08. The normalized spacial score (nSPS) is 31.9. The molecule has 0 aromatic rings. The molecule has 2 atom stereocenters. The molecule has 1 N–H and O–H groups in total. The van der Waals surface area contributed by atoms with Crippen LogP contribution in [0, 0.1) is 11.8 Å². The minimum atomic E-state index is 0.221. The lowest BCUT2D eigenvalue weighted by Crippen LogP contribution is -2.38. The van der Waals surface area contributed by atoms with E-state index >= 15 is 0 Å². The predicted octanol–water partition coefficient (Wildman–Crippen LogP) is 0.853. The molecule has 2 fully saturated rings. The largest absolute Gasteiger partial charge is 0.345 e. The van der Waals surface area contributed by atoms with Gasteiger partial charge in [0.05, 0.1) is 5.92 Å². The summed E-state index contributed by atoms with van der Waals surface area (Å²) in [6, 6.07) is 0.365. The summed E-state index contributed by atoms with van der Waals surface area (Å²) in [6.45, 7) is 4.08. The molecule has 0 radical (unpaired) electrons. The Bertz CT molecular complexity index is 225. The molecule has 3 nitrogen and oxygen atoms in total. The summed E-state index contributed by atoms with van der Waals surface area (Å²) in [6.07, 6.45) is 3.64. The van der Waals surface area contributed by atoms with Crippen molar-refractivity contribution in [2.24, 2.45) is 11.8 Å². The van der Waals surface area contributed by atoms with Crippen LogP contribution in [0.1, 0.15) is 26.2 Å². The van der Waals surface area contributed by atoms with Gasteiger partial charge in [-0.2, -0.15) is 0 Å². The second kappa shape index (κ2) is 3.89. The molecule has 1 aliphatic carbocycles. The maximum Gasteiger partial charge on any atom is 0.227 e. The molecular formula is C11H20N2O. The molecule has 0 aromatic heterocycles. The lowest BCUT2D eigenvalue weighted by Gasteiger charge is -2.23. The molecule has 1 amide bonds. The standard InChI is InChI=1S/C11H20N2O/c1-8-10(5-6-12-8)11(14)13(2)7-9-3-4-9/h8-10,12H,3-7H2,1-2H3. The van der Waals surface area contributed by atoms with Crippen LogP contribution in [0.2, 0.25) is 0 Å². The van der Waals surface area contributed by atoms with Gasteiger partial charge in [-0.25, -0.2) is 0 Å². The second-order valence-corrected chi connectivity index (χ2v) is 4.80. The Kier molecular flexibility index (Phi) is 2.77. The van der Waals surface area contributed by atoms with Gasteiger partial charge in [-0.05, 0) is 38.6 Å². The van der Waals surface area contributed by atoms with Crippen LogP contribution in [0.4, 0.5) is 0 Å². The van der Waals surface area contributed by atoms with E-state index in [4.69, 9.17) is 0 Å². The van der Waals surface area contributed by atoms with E-state index in [-0.39, 0.29) is 5.92 Å². The molecule has 0 spiro atoms. The number of rotatable bonds is 3. The third-order valence-corrected chi connectivity index (χ3v) is 3.45. The number of amides is 1. The number of carbonyl (C=O) groups excluding carboxylic acids is 1. The molecule has 14 heavy (non-hydrogen) atoms. The first kappa shape index (κ1) is 9.97. The highest BCUT2D eigenvalue weighted by Gasteiger charge is 2.33. The summed E-state index contributed by atoms with van der Waals surface area (Å²) < 4.78 is 0. The van der Waals surface area contributed by atoms with E-state index in [0.717, 1.165) is 25.4 Å². The molecule has 80 valence electrons. The van der Waals surface area contributed by atoms with Crippen molar-refractivity contribution in [1.82, 2.24) is 10.2 Å². The zero-order valence-electron chi connectivity index (χ0n) is 9.12. The number of carbonyl (C=O) groups is 1. The Morgan fingerprint density at radius 1 is 1.43 bits per heavy atom. The van der Waals surface area contributed by atoms with E-state index in [1.807, 2.05) is 11.9 Å². The molecule has 1 saturated carbocycles. The minimum absolute atomic E-state index is 0.221. The molecule has 1 aliphatic heterocycles. The Labute approximate surface area is 85.8 Å². The first-order valence-corrected chi connectivity index (χ1v) is 5.67. The van der Waals surface area contributed by atoms with Gasteiger partial charge in [0, 0.05) is 19.6 Å². The molecule has 1 saturated heterocycles. The van der Waals surface area contributed by atoms with Gasteiger partial charge in [-0.15, -0.1) is 0 Å². The first-order valence-electron chi connectivity index (χ1n) is 5.67. The summed E-state index contributed by atoms with van der Waals surface area (Å²) in [7, 11) is 1.95. The van der Waals surface area contributed by atoms with Crippen molar-refractivity contribution in [3.05, 3.63) is 0 Å². The van der Waals surface area contributed by atoms with E-state index in [1.165, 1.54) is 12.8 Å². The van der Waals surface area contributed by atoms with Crippen LogP contribution in [0.5, 0.6) is 0 Å². The third-order valence-electron chi connectivity index (χ3n) is 3.45. The maximum absolute atomic E-state index is 12.0. The van der Waals surface area contributed by atoms with E-state index < -0.39 is 0 Å². The molecule has 2 aliphatic rings. The minimum Gasteiger partial charge on any atom is -0.345 e. The van der Waals surface area contributed by atoms with Crippen molar-refractivity contribution in [2.45, 2.75) is 32.2 Å². The van der Waals surface area contributed by atoms with Crippen molar-refractivity contribution >= 4 is 5.91 Å². The molecule has 3 heteroatoms. The summed E-state index contributed by atoms with van der Waals surface area (Å²) in [5.74, 6) is 1.36. The van der Waals surface area contributed by atoms with Crippen LogP contribution in [0.15, 0.2) is 0 Å². The average Bonchev–Trinajstić information content (AvgIpc) is 2.86. The van der Waals surface area contributed by atoms with Crippen molar-refractivity contribution < 1.29 is 4.79 Å². The smallest absolute Gasteiger partial charge is 0.227 e. The lowest BCUT2D eigenvalue weighted by atomic mass is 10.0. The van der Waals surface area contributed by atoms with Gasteiger partial charge in [0.1, 0.15) is 0 Å². The quantitative estimate of drug-likeness (QED) is 0.726. The highest BCUT2D eigenvalue weighted by Crippen LogP contribution is 2.30. The molecular weight excluding hydrogens is 176 g/mol. The fourth-order valence-corrected chi connectivity index (χ4v) is 2.26. The Morgan fingerprint density at radius 3 is 2.64 bits per heavy atom. The Balaban J connectivity index is 1.85. The van der Waals surface area contributed by atoms with Gasteiger partial charge >= 0.3 is 0 Å². The zero-order chi connectivity index (χ0) is 10.1. The van der Waals surface area contributed by atoms with Gasteiger partial charge in [0.15, 0.2) is 0 Å². The summed E-state index contributed by atoms with van der Waals surface area (Å²) in [4.78, 5) is 13.9. The SMILES string of the molecule is CC1NCCC1C(=O)N(C)CC1CC1. The summed E-state index contributed by atoms with van der Waals surface area (Å²) in [5.41, 5.74) is 0. The number of hydrogen-bond acceptors (Lipinski definition) is 2. The topological polar surface area (TPSA) is 32.3 Å². The van der Waals surface area contributed by atoms with Gasteiger partial charge < -0.3 is 10.2 Å². The molecule has 2 rings (SSSR count). The highest BCUT2D eigenvalue weighted by atomic mass is 16.2. The van der Waals surface area contributed by atoms with E-state index in [2.05, 4.69) is 12.2 Å². The van der Waals surface area contributed by atoms with Crippen LogP contribution in [0.3, 0.4) is 0 Å². The highest BCUT2D eigenvalue weighted by molar-refractivity contribution is 5.79. The second-order valence-electron chi connectivity index (χ2n) is 4.80. The number of nitrogens with zero attached hydrogens (tertiary/aromatic N) is 1.